The molecule has 0 aromatic carbocycles. The fraction of sp³-hybridized carbons (Fsp3) is 0.462. The van der Waals surface area contributed by atoms with Gasteiger partial charge in [-0.05, 0) is 13.3 Å². The van der Waals surface area contributed by atoms with Crippen molar-refractivity contribution < 1.29 is 19.1 Å². The molecule has 0 fully saturated rings. The van der Waals surface area contributed by atoms with Crippen LogP contribution in [0.4, 0.5) is 5.95 Å². The molecule has 1 atom stereocenters. The number of anilines is 1. The Balaban J connectivity index is 2.21. The van der Waals surface area contributed by atoms with Crippen molar-refractivity contribution in [2.45, 2.75) is 19.9 Å². The van der Waals surface area contributed by atoms with Crippen LogP contribution in [0.25, 0.3) is 11.2 Å². The van der Waals surface area contributed by atoms with E-state index in [1.165, 1.54) is 13.4 Å². The fourth-order valence-electron chi connectivity index (χ4n) is 2.07. The maximum absolute atomic E-state index is 11.9. The number of esters is 2. The van der Waals surface area contributed by atoms with Crippen molar-refractivity contribution in [3.63, 3.8) is 0 Å². The number of nitrogen functional groups attached to an aromatic ring is 1. The largest absolute Gasteiger partial charge is 0.468 e. The van der Waals surface area contributed by atoms with Gasteiger partial charge in [0.25, 0.3) is 0 Å². The zero-order valence-electron chi connectivity index (χ0n) is 12.7. The van der Waals surface area contributed by atoms with Crippen LogP contribution in [0.15, 0.2) is 6.33 Å². The van der Waals surface area contributed by atoms with Gasteiger partial charge in [0.1, 0.15) is 5.52 Å². The molecular formula is C13H16ClN5O4. The standard InChI is InChI=1S/C13H16ClN5O4/c1-3-23-12(21)7(11(20)22-2)4-5-19-6-16-8-9(14)17-13(15)18-10(8)19/h6-7H,3-5H2,1-2H3,(H2,15,17,18). The average Bonchev–Trinajstić information content (AvgIpc) is 2.90. The molecule has 9 nitrogen and oxygen atoms in total. The number of methoxy groups -OCH3 is 1. The Bertz CT molecular complexity index is 732. The molecule has 0 amide bonds. The number of aromatic nitrogens is 4. The third-order valence-corrected chi connectivity index (χ3v) is 3.42. The second-order valence-corrected chi connectivity index (χ2v) is 4.96. The number of hydrogen-bond acceptors (Lipinski definition) is 8. The highest BCUT2D eigenvalue weighted by Crippen LogP contribution is 2.20. The number of carbonyl (C=O) groups is 2. The third kappa shape index (κ3) is 3.67. The van der Waals surface area contributed by atoms with Crippen LogP contribution >= 0.6 is 11.6 Å². The molecule has 0 bridgehead atoms. The molecule has 23 heavy (non-hydrogen) atoms. The van der Waals surface area contributed by atoms with Crippen molar-refractivity contribution in [2.75, 3.05) is 19.5 Å². The van der Waals surface area contributed by atoms with E-state index in [0.717, 1.165) is 0 Å². The number of nitrogens with zero attached hydrogens (tertiary/aromatic N) is 4. The van der Waals surface area contributed by atoms with Gasteiger partial charge < -0.3 is 19.8 Å². The summed E-state index contributed by atoms with van der Waals surface area (Å²) in [6.07, 6.45) is 1.66. The van der Waals surface area contributed by atoms with Gasteiger partial charge in [0.05, 0.1) is 20.0 Å². The third-order valence-electron chi connectivity index (χ3n) is 3.15. The molecule has 2 aromatic heterocycles. The highest BCUT2D eigenvalue weighted by Gasteiger charge is 2.29. The Labute approximate surface area is 136 Å². The van der Waals surface area contributed by atoms with Crippen molar-refractivity contribution in [1.82, 2.24) is 19.5 Å². The molecule has 0 radical (unpaired) electrons. The average molecular weight is 342 g/mol. The van der Waals surface area contributed by atoms with Gasteiger partial charge in [-0.1, -0.05) is 11.6 Å². The molecule has 2 N–H and O–H groups in total. The van der Waals surface area contributed by atoms with Crippen molar-refractivity contribution in [3.05, 3.63) is 11.5 Å². The predicted octanol–water partition coefficient (Wildman–Crippen LogP) is 0.804. The van der Waals surface area contributed by atoms with Crippen LogP contribution in [0.3, 0.4) is 0 Å². The molecule has 10 heteroatoms. The summed E-state index contributed by atoms with van der Waals surface area (Å²) in [6.45, 7) is 2.12. The summed E-state index contributed by atoms with van der Waals surface area (Å²) >= 11 is 5.95. The van der Waals surface area contributed by atoms with Gasteiger partial charge >= 0.3 is 11.9 Å². The van der Waals surface area contributed by atoms with E-state index in [9.17, 15) is 9.59 Å². The summed E-state index contributed by atoms with van der Waals surface area (Å²) in [5.41, 5.74) is 6.39. The Morgan fingerprint density at radius 1 is 1.39 bits per heavy atom. The number of imidazole rings is 1. The van der Waals surface area contributed by atoms with Crippen molar-refractivity contribution in [3.8, 4) is 0 Å². The van der Waals surface area contributed by atoms with E-state index >= 15 is 0 Å². The first-order valence-electron chi connectivity index (χ1n) is 6.86. The van der Waals surface area contributed by atoms with Gasteiger partial charge in [-0.25, -0.2) is 4.98 Å². The first kappa shape index (κ1) is 16.9. The zero-order valence-corrected chi connectivity index (χ0v) is 13.4. The minimum atomic E-state index is -1.02. The van der Waals surface area contributed by atoms with Crippen LogP contribution in [0, 0.1) is 5.92 Å². The lowest BCUT2D eigenvalue weighted by molar-refractivity contribution is -0.160. The lowest BCUT2D eigenvalue weighted by Crippen LogP contribution is -2.28. The number of carbonyl (C=O) groups excluding carboxylic acids is 2. The van der Waals surface area contributed by atoms with Crippen LogP contribution in [0.2, 0.25) is 5.15 Å². The quantitative estimate of drug-likeness (QED) is 0.465. The highest BCUT2D eigenvalue weighted by atomic mass is 35.5. The van der Waals surface area contributed by atoms with Crippen molar-refractivity contribution in [1.29, 1.82) is 0 Å². The minimum Gasteiger partial charge on any atom is -0.468 e. The van der Waals surface area contributed by atoms with Gasteiger partial charge in [0.15, 0.2) is 16.7 Å². The Hall–Kier alpha value is -2.42. The molecule has 0 spiro atoms. The van der Waals surface area contributed by atoms with Crippen molar-refractivity contribution in [2.24, 2.45) is 5.92 Å². The summed E-state index contributed by atoms with van der Waals surface area (Å²) in [5.74, 6) is -2.29. The molecule has 0 aliphatic carbocycles. The summed E-state index contributed by atoms with van der Waals surface area (Å²) in [6, 6.07) is 0. The number of nitrogens with two attached hydrogens (primary N) is 1. The highest BCUT2D eigenvalue weighted by molar-refractivity contribution is 6.33. The topological polar surface area (TPSA) is 122 Å². The van der Waals surface area contributed by atoms with Crippen LogP contribution in [-0.4, -0.2) is 45.2 Å². The van der Waals surface area contributed by atoms with Gasteiger partial charge in [0, 0.05) is 6.54 Å². The zero-order chi connectivity index (χ0) is 17.0. The van der Waals surface area contributed by atoms with Crippen LogP contribution in [-0.2, 0) is 25.6 Å². The fourth-order valence-corrected chi connectivity index (χ4v) is 2.29. The number of aryl methyl sites for hydroxylation is 1. The Kier molecular flexibility index (Phi) is 5.32. The molecule has 124 valence electrons. The van der Waals surface area contributed by atoms with Crippen molar-refractivity contribution >= 4 is 40.7 Å². The Morgan fingerprint density at radius 3 is 2.78 bits per heavy atom. The molecule has 2 rings (SSSR count). The van der Waals surface area contributed by atoms with E-state index in [2.05, 4.69) is 19.7 Å². The molecule has 1 unspecified atom stereocenters. The SMILES string of the molecule is CCOC(=O)C(CCn1cnc2c(Cl)nc(N)nc21)C(=O)OC. The normalized spacial score (nSPS) is 12.1. The van der Waals surface area contributed by atoms with E-state index in [-0.39, 0.29) is 30.7 Å². The molecule has 0 saturated carbocycles. The number of hydrogen-bond donors (Lipinski definition) is 1. The van der Waals surface area contributed by atoms with E-state index in [1.807, 2.05) is 0 Å². The van der Waals surface area contributed by atoms with Gasteiger partial charge in [-0.2, -0.15) is 9.97 Å². The van der Waals surface area contributed by atoms with Crippen LogP contribution < -0.4 is 5.73 Å². The van der Waals surface area contributed by atoms with E-state index in [1.54, 1.807) is 11.5 Å². The lowest BCUT2D eigenvalue weighted by atomic mass is 10.1. The summed E-state index contributed by atoms with van der Waals surface area (Å²) in [7, 11) is 1.22. The summed E-state index contributed by atoms with van der Waals surface area (Å²) in [4.78, 5) is 35.6. The van der Waals surface area contributed by atoms with E-state index < -0.39 is 17.9 Å². The summed E-state index contributed by atoms with van der Waals surface area (Å²) < 4.78 is 11.2. The molecule has 0 saturated heterocycles. The summed E-state index contributed by atoms with van der Waals surface area (Å²) in [5, 5.41) is 0.140. The van der Waals surface area contributed by atoms with Gasteiger partial charge in [-0.15, -0.1) is 0 Å². The Morgan fingerprint density at radius 2 is 2.13 bits per heavy atom. The predicted molar refractivity (Wildman–Crippen MR) is 81.5 cm³/mol. The second kappa shape index (κ2) is 7.23. The van der Waals surface area contributed by atoms with Crippen LogP contribution in [0.5, 0.6) is 0 Å². The molecular weight excluding hydrogens is 326 g/mol. The maximum atomic E-state index is 11.9. The lowest BCUT2D eigenvalue weighted by Gasteiger charge is -2.13. The van der Waals surface area contributed by atoms with E-state index in [0.29, 0.717) is 11.2 Å². The van der Waals surface area contributed by atoms with Gasteiger partial charge in [0.2, 0.25) is 5.95 Å². The molecule has 2 heterocycles. The second-order valence-electron chi connectivity index (χ2n) is 4.60. The van der Waals surface area contributed by atoms with E-state index in [4.69, 9.17) is 22.1 Å². The van der Waals surface area contributed by atoms with Gasteiger partial charge in [-0.3, -0.25) is 9.59 Å². The number of rotatable bonds is 6. The maximum Gasteiger partial charge on any atom is 0.320 e. The minimum absolute atomic E-state index is 0.0131. The first-order chi connectivity index (χ1) is 11.0. The molecule has 0 aliphatic heterocycles. The smallest absolute Gasteiger partial charge is 0.320 e. The first-order valence-corrected chi connectivity index (χ1v) is 7.24. The number of ether oxygens (including phenoxy) is 2. The monoisotopic (exact) mass is 341 g/mol. The number of fused-ring (bicyclic) bond motifs is 1. The molecule has 2 aromatic rings. The van der Waals surface area contributed by atoms with Crippen LogP contribution in [0.1, 0.15) is 13.3 Å². The number of halogens is 1. The molecule has 0 aliphatic rings.